The Morgan fingerprint density at radius 3 is 1.75 bits per heavy atom. The van der Waals surface area contributed by atoms with E-state index in [4.69, 9.17) is 18.7 Å². The van der Waals surface area contributed by atoms with Crippen LogP contribution in [0.3, 0.4) is 0 Å². The second-order valence-corrected chi connectivity index (χ2v) is 18.3. The first-order valence-electron chi connectivity index (χ1n) is 15.3. The van der Waals surface area contributed by atoms with Crippen molar-refractivity contribution in [3.05, 3.63) is 141 Å². The van der Waals surface area contributed by atoms with Crippen LogP contribution in [0.4, 0.5) is 0 Å². The summed E-state index contributed by atoms with van der Waals surface area (Å²) >= 11 is 0. The highest BCUT2D eigenvalue weighted by molar-refractivity contribution is 7.80. The molecule has 4 aromatic rings. The van der Waals surface area contributed by atoms with Gasteiger partial charge in [-0.05, 0) is 36.4 Å². The van der Waals surface area contributed by atoms with Crippen LogP contribution in [0.25, 0.3) is 0 Å². The Balaban J connectivity index is 1.57. The number of hydrogen-bond acceptors (Lipinski definition) is 14. The summed E-state index contributed by atoms with van der Waals surface area (Å²) in [6.45, 7) is -1.08. The monoisotopic (exact) mass is 790 g/mol. The number of esters is 2. The Morgan fingerprint density at radius 1 is 0.755 bits per heavy atom. The van der Waals surface area contributed by atoms with E-state index in [0.29, 0.717) is 4.57 Å². The van der Waals surface area contributed by atoms with E-state index in [1.807, 2.05) is 0 Å². The van der Waals surface area contributed by atoms with Crippen LogP contribution in [0.2, 0.25) is 0 Å². The first-order chi connectivity index (χ1) is 24.9. The molecular formula is C32H29N2O16P3-2. The topological polar surface area (TPSA) is 276 Å². The van der Waals surface area contributed by atoms with Crippen LogP contribution in [0.5, 0.6) is 0 Å². The maximum Gasteiger partial charge on any atom is 0.340 e. The average Bonchev–Trinajstić information content (AvgIpc) is 3.42. The van der Waals surface area contributed by atoms with Gasteiger partial charge in [-0.15, -0.1) is 0 Å². The number of benzene rings is 3. The Bertz CT molecular complexity index is 2170. The van der Waals surface area contributed by atoms with Crippen LogP contribution in [-0.4, -0.2) is 73.5 Å². The SMILES string of the molecule is O=C(O[C@@H]1[C@H](OC(=O)c2ccccc2)[C@@H](COP(=O)(O)CP(=O)(O)C[P+]([O-])([O-])[O-])O[C@H]1n1ccc(=O)n(C(=O)c2ccccc2)c1=O)c1ccccc1. The highest BCUT2D eigenvalue weighted by atomic mass is 31.3. The number of hydrogen-bond donors (Lipinski definition) is 2. The standard InChI is InChI=1S/C32H31N2O16P3/c35-25-16-17-33(32(39)34(25)28(36)21-10-4-1-5-11-21)29-27(50-31(38)23-14-8-3-9-15-23)26(49-30(37)22-12-6-2-7-13-22)24(48-29)18-47-53(45,46)20-51(40,41)19-52(42,43)44/h1-17,24,26-27,29H,18-20H2,(H,40,41)(H,45,46)(H2,42,43,44)/p-2/t24-,26-,27-,29-/m1/s1. The third-order valence-corrected chi connectivity index (χ3v) is 14.4. The van der Waals surface area contributed by atoms with Crippen LogP contribution in [0.1, 0.15) is 37.3 Å². The van der Waals surface area contributed by atoms with Crippen molar-refractivity contribution < 1.29 is 66.7 Å². The van der Waals surface area contributed by atoms with Crippen molar-refractivity contribution in [3.63, 3.8) is 0 Å². The molecule has 2 heterocycles. The molecule has 53 heavy (non-hydrogen) atoms. The van der Waals surface area contributed by atoms with Crippen molar-refractivity contribution >= 4 is 40.8 Å². The van der Waals surface area contributed by atoms with Crippen molar-refractivity contribution in [1.82, 2.24) is 9.13 Å². The number of rotatable bonds is 13. The van der Waals surface area contributed by atoms with Crippen LogP contribution < -0.4 is 25.9 Å². The van der Waals surface area contributed by atoms with E-state index in [1.165, 1.54) is 72.8 Å². The zero-order chi connectivity index (χ0) is 38.6. The maximum atomic E-state index is 13.9. The van der Waals surface area contributed by atoms with Gasteiger partial charge in [-0.3, -0.25) is 23.3 Å². The molecule has 0 spiro atoms. The molecule has 0 saturated carbocycles. The molecule has 0 radical (unpaired) electrons. The molecule has 0 bridgehead atoms. The minimum absolute atomic E-state index is 0.0109. The first kappa shape index (κ1) is 39.8. The molecule has 280 valence electrons. The van der Waals surface area contributed by atoms with Crippen molar-refractivity contribution in [2.75, 3.05) is 18.4 Å². The molecule has 2 unspecified atom stereocenters. The maximum absolute atomic E-state index is 13.9. The highest BCUT2D eigenvalue weighted by Crippen LogP contribution is 2.62. The van der Waals surface area contributed by atoms with Gasteiger partial charge in [0.25, 0.3) is 11.5 Å². The molecule has 1 aliphatic heterocycles. The van der Waals surface area contributed by atoms with E-state index in [-0.39, 0.29) is 21.3 Å². The molecule has 2 N–H and O–H groups in total. The largest absolute Gasteiger partial charge is 0.687 e. The lowest BCUT2D eigenvalue weighted by Crippen LogP contribution is -2.47. The Labute approximate surface area is 300 Å². The first-order valence-corrected chi connectivity index (χ1v) is 20.9. The molecule has 1 fully saturated rings. The molecule has 3 aromatic carbocycles. The summed E-state index contributed by atoms with van der Waals surface area (Å²) < 4.78 is 48.6. The highest BCUT2D eigenvalue weighted by Gasteiger charge is 2.52. The van der Waals surface area contributed by atoms with Gasteiger partial charge in [-0.2, -0.15) is 12.5 Å². The lowest BCUT2D eigenvalue weighted by atomic mass is 10.1. The third-order valence-electron chi connectivity index (χ3n) is 7.53. The fourth-order valence-corrected chi connectivity index (χ4v) is 11.5. The molecule has 0 aliphatic carbocycles. The summed E-state index contributed by atoms with van der Waals surface area (Å²) in [6.07, 6.45) is -6.26. The Kier molecular flexibility index (Phi) is 12.2. The second-order valence-electron chi connectivity index (χ2n) is 11.6. The van der Waals surface area contributed by atoms with Gasteiger partial charge in [0, 0.05) is 17.8 Å². The van der Waals surface area contributed by atoms with E-state index in [0.717, 1.165) is 12.3 Å². The van der Waals surface area contributed by atoms with Gasteiger partial charge in [0.2, 0.25) is 7.37 Å². The van der Waals surface area contributed by atoms with E-state index in [2.05, 4.69) is 0 Å². The van der Waals surface area contributed by atoms with E-state index < -0.39 is 95.0 Å². The van der Waals surface area contributed by atoms with Crippen LogP contribution in [-0.2, 0) is 27.9 Å². The van der Waals surface area contributed by atoms with Crippen LogP contribution in [0, 0.1) is 0 Å². The summed E-state index contributed by atoms with van der Waals surface area (Å²) in [5.41, 5.74) is -2.41. The molecule has 21 heteroatoms. The predicted molar refractivity (Wildman–Crippen MR) is 179 cm³/mol. The van der Waals surface area contributed by atoms with Gasteiger partial charge >= 0.3 is 25.2 Å². The van der Waals surface area contributed by atoms with Crippen LogP contribution in [0.15, 0.2) is 113 Å². The lowest BCUT2D eigenvalue weighted by molar-refractivity contribution is -0.426. The summed E-state index contributed by atoms with van der Waals surface area (Å²) in [4.78, 5) is 120. The van der Waals surface area contributed by atoms with E-state index >= 15 is 0 Å². The Morgan fingerprint density at radius 2 is 1.25 bits per heavy atom. The fourth-order valence-electron chi connectivity index (χ4n) is 5.27. The summed E-state index contributed by atoms with van der Waals surface area (Å²) in [6, 6.07) is 22.8. The normalized spacial score (nSPS) is 20.8. The van der Waals surface area contributed by atoms with Gasteiger partial charge < -0.3 is 43.2 Å². The van der Waals surface area contributed by atoms with Crippen molar-refractivity contribution in [3.8, 4) is 0 Å². The Hall–Kier alpha value is -4.44. The molecule has 5 rings (SSSR count). The molecule has 18 nitrogen and oxygen atoms in total. The summed E-state index contributed by atoms with van der Waals surface area (Å²) in [5.74, 6) is -6.60. The second kappa shape index (κ2) is 16.3. The van der Waals surface area contributed by atoms with Crippen molar-refractivity contribution in [2.24, 2.45) is 0 Å². The number of aromatic nitrogens is 2. The van der Waals surface area contributed by atoms with Crippen molar-refractivity contribution in [2.45, 2.75) is 24.5 Å². The lowest BCUT2D eigenvalue weighted by Gasteiger charge is -2.42. The molecule has 1 aromatic heterocycles. The van der Waals surface area contributed by atoms with Crippen molar-refractivity contribution in [1.29, 1.82) is 0 Å². The number of carbonyl (C=O) groups excluding carboxylic acids is 3. The van der Waals surface area contributed by atoms with Gasteiger partial charge in [0.15, 0.2) is 18.4 Å². The molecule has 1 aliphatic rings. The minimum Gasteiger partial charge on any atom is -0.687 e. The molecule has 1 saturated heterocycles. The molecular weight excluding hydrogens is 761 g/mol. The number of nitrogens with zero attached hydrogens (tertiary/aromatic N) is 2. The fraction of sp³-hybridized carbons (Fsp3) is 0.219. The quantitative estimate of drug-likeness (QED) is 0.136. The zero-order valence-corrected chi connectivity index (χ0v) is 29.8. The van der Waals surface area contributed by atoms with E-state index in [1.54, 1.807) is 18.2 Å². The van der Waals surface area contributed by atoms with Crippen LogP contribution >= 0.6 is 22.9 Å². The summed E-state index contributed by atoms with van der Waals surface area (Å²) in [5, 5.41) is 0. The predicted octanol–water partition coefficient (Wildman–Crippen LogP) is 0.278. The molecule has 0 amide bonds. The number of ether oxygens (including phenoxy) is 3. The molecule has 6 atom stereocenters. The zero-order valence-electron chi connectivity index (χ0n) is 27.1. The van der Waals surface area contributed by atoms with E-state index in [9.17, 15) is 57.6 Å². The average molecular weight is 791 g/mol. The number of carbonyl (C=O) groups is 3. The summed E-state index contributed by atoms with van der Waals surface area (Å²) in [7, 11) is -15.9. The van der Waals surface area contributed by atoms with Gasteiger partial charge in [0.05, 0.1) is 17.7 Å². The smallest absolute Gasteiger partial charge is 0.340 e. The van der Waals surface area contributed by atoms with Gasteiger partial charge in [-0.1, -0.05) is 54.6 Å². The van der Waals surface area contributed by atoms with Gasteiger partial charge in [0.1, 0.15) is 17.9 Å². The third kappa shape index (κ3) is 10.2. The van der Waals surface area contributed by atoms with Gasteiger partial charge in [-0.25, -0.2) is 14.4 Å². The minimum atomic E-state index is -5.61.